The molecule has 0 aromatic heterocycles. The van der Waals surface area contributed by atoms with Gasteiger partial charge in [0.1, 0.15) is 5.75 Å². The van der Waals surface area contributed by atoms with Crippen LogP contribution in [0.15, 0.2) is 22.7 Å². The van der Waals surface area contributed by atoms with E-state index in [1.807, 2.05) is 0 Å². The molecule has 0 aliphatic heterocycles. The minimum Gasteiger partial charge on any atom is -0.496 e. The maximum atomic E-state index is 11.9. The van der Waals surface area contributed by atoms with Crippen LogP contribution in [-0.2, 0) is 4.79 Å². The summed E-state index contributed by atoms with van der Waals surface area (Å²) in [6.45, 7) is 0.404. The second kappa shape index (κ2) is 7.00. The molecule has 0 aliphatic rings. The molecule has 0 radical (unpaired) electrons. The smallest absolute Gasteiger partial charge is 0.255 e. The van der Waals surface area contributed by atoms with Crippen LogP contribution in [0.25, 0.3) is 0 Å². The number of benzene rings is 1. The largest absolute Gasteiger partial charge is 0.496 e. The lowest BCUT2D eigenvalue weighted by Crippen LogP contribution is -2.26. The summed E-state index contributed by atoms with van der Waals surface area (Å²) in [7, 11) is 1.51. The van der Waals surface area contributed by atoms with Crippen molar-refractivity contribution in [2.24, 2.45) is 5.73 Å². The molecule has 0 spiro atoms. The first-order chi connectivity index (χ1) is 8.54. The van der Waals surface area contributed by atoms with Gasteiger partial charge in [-0.05, 0) is 24.6 Å². The minimum atomic E-state index is -0.370. The summed E-state index contributed by atoms with van der Waals surface area (Å²) in [5, 5.41) is 2.71. The highest BCUT2D eigenvalue weighted by atomic mass is 79.9. The van der Waals surface area contributed by atoms with Gasteiger partial charge in [0, 0.05) is 17.4 Å². The van der Waals surface area contributed by atoms with Crippen molar-refractivity contribution < 1.29 is 14.3 Å². The fourth-order valence-corrected chi connectivity index (χ4v) is 1.75. The molecule has 3 N–H and O–H groups in total. The standard InChI is InChI=1S/C12H15BrN2O3/c1-18-10-7-8(13)4-5-9(10)12(17)15-6-2-3-11(14)16/h4-5,7H,2-3,6H2,1H3,(H2,14,16)(H,15,17). The summed E-state index contributed by atoms with van der Waals surface area (Å²) in [5.41, 5.74) is 5.46. The zero-order valence-corrected chi connectivity index (χ0v) is 11.6. The van der Waals surface area contributed by atoms with E-state index in [4.69, 9.17) is 10.5 Å². The van der Waals surface area contributed by atoms with Crippen molar-refractivity contribution in [2.45, 2.75) is 12.8 Å². The van der Waals surface area contributed by atoms with Crippen LogP contribution >= 0.6 is 15.9 Å². The number of carbonyl (C=O) groups excluding carboxylic acids is 2. The normalized spacial score (nSPS) is 9.89. The molecular formula is C12H15BrN2O3. The first kappa shape index (κ1) is 14.5. The summed E-state index contributed by atoms with van der Waals surface area (Å²) in [6.07, 6.45) is 0.789. The number of halogens is 1. The quantitative estimate of drug-likeness (QED) is 0.780. The molecule has 2 amide bonds. The van der Waals surface area contributed by atoms with E-state index in [1.165, 1.54) is 7.11 Å². The lowest BCUT2D eigenvalue weighted by Gasteiger charge is -2.09. The van der Waals surface area contributed by atoms with Gasteiger partial charge in [-0.2, -0.15) is 0 Å². The number of hydrogen-bond donors (Lipinski definition) is 2. The maximum absolute atomic E-state index is 11.9. The van der Waals surface area contributed by atoms with Crippen LogP contribution in [0.2, 0.25) is 0 Å². The highest BCUT2D eigenvalue weighted by molar-refractivity contribution is 9.10. The molecule has 1 aromatic rings. The summed E-state index contributed by atoms with van der Waals surface area (Å²) in [6, 6.07) is 5.16. The Morgan fingerprint density at radius 3 is 2.78 bits per heavy atom. The molecular weight excluding hydrogens is 300 g/mol. The second-order valence-corrected chi connectivity index (χ2v) is 4.59. The Kier molecular flexibility index (Phi) is 5.64. The van der Waals surface area contributed by atoms with Gasteiger partial charge in [-0.15, -0.1) is 0 Å². The number of nitrogens with two attached hydrogens (primary N) is 1. The predicted molar refractivity (Wildman–Crippen MR) is 71.5 cm³/mol. The number of nitrogens with one attached hydrogen (secondary N) is 1. The molecule has 0 saturated heterocycles. The third-order valence-corrected chi connectivity index (χ3v) is 2.79. The van der Waals surface area contributed by atoms with Crippen molar-refractivity contribution >= 4 is 27.7 Å². The number of rotatable bonds is 6. The highest BCUT2D eigenvalue weighted by Gasteiger charge is 2.11. The van der Waals surface area contributed by atoms with Crippen molar-refractivity contribution in [2.75, 3.05) is 13.7 Å². The average molecular weight is 315 g/mol. The summed E-state index contributed by atoms with van der Waals surface area (Å²) >= 11 is 3.30. The molecule has 1 rings (SSSR count). The molecule has 0 atom stereocenters. The average Bonchev–Trinajstić information content (AvgIpc) is 2.33. The van der Waals surface area contributed by atoms with E-state index in [1.54, 1.807) is 18.2 Å². The molecule has 0 heterocycles. The van der Waals surface area contributed by atoms with Crippen molar-refractivity contribution in [3.05, 3.63) is 28.2 Å². The number of hydrogen-bond acceptors (Lipinski definition) is 3. The monoisotopic (exact) mass is 314 g/mol. The Morgan fingerprint density at radius 1 is 1.44 bits per heavy atom. The third-order valence-electron chi connectivity index (χ3n) is 2.29. The summed E-state index contributed by atoms with van der Waals surface area (Å²) in [5.74, 6) is -0.105. The van der Waals surface area contributed by atoms with Gasteiger partial charge in [-0.25, -0.2) is 0 Å². The maximum Gasteiger partial charge on any atom is 0.255 e. The van der Waals surface area contributed by atoms with Gasteiger partial charge < -0.3 is 15.8 Å². The SMILES string of the molecule is COc1cc(Br)ccc1C(=O)NCCCC(N)=O. The van der Waals surface area contributed by atoms with Crippen LogP contribution in [-0.4, -0.2) is 25.5 Å². The van der Waals surface area contributed by atoms with Crippen LogP contribution in [0.3, 0.4) is 0 Å². The highest BCUT2D eigenvalue weighted by Crippen LogP contribution is 2.23. The lowest BCUT2D eigenvalue weighted by molar-refractivity contribution is -0.118. The Labute approximate surface area is 114 Å². The number of carbonyl (C=O) groups is 2. The molecule has 5 nitrogen and oxygen atoms in total. The molecule has 0 aliphatic carbocycles. The Balaban J connectivity index is 2.58. The van der Waals surface area contributed by atoms with Gasteiger partial charge in [-0.3, -0.25) is 9.59 Å². The molecule has 6 heteroatoms. The number of ether oxygens (including phenoxy) is 1. The zero-order valence-electron chi connectivity index (χ0n) is 10.0. The molecule has 0 fully saturated rings. The van der Waals surface area contributed by atoms with E-state index < -0.39 is 0 Å². The van der Waals surface area contributed by atoms with Gasteiger partial charge in [0.2, 0.25) is 5.91 Å². The molecule has 0 saturated carbocycles. The van der Waals surface area contributed by atoms with Gasteiger partial charge in [0.15, 0.2) is 0 Å². The van der Waals surface area contributed by atoms with Crippen LogP contribution in [0.1, 0.15) is 23.2 Å². The summed E-state index contributed by atoms with van der Waals surface area (Å²) in [4.78, 5) is 22.4. The Morgan fingerprint density at radius 2 is 2.17 bits per heavy atom. The van der Waals surface area contributed by atoms with E-state index in [0.29, 0.717) is 24.3 Å². The van der Waals surface area contributed by atoms with Gasteiger partial charge in [0.25, 0.3) is 5.91 Å². The van der Waals surface area contributed by atoms with E-state index in [9.17, 15) is 9.59 Å². The van der Waals surface area contributed by atoms with Crippen molar-refractivity contribution in [3.63, 3.8) is 0 Å². The van der Waals surface area contributed by atoms with Gasteiger partial charge in [-0.1, -0.05) is 15.9 Å². The first-order valence-corrected chi connectivity index (χ1v) is 6.24. The zero-order chi connectivity index (χ0) is 13.5. The number of amides is 2. The summed E-state index contributed by atoms with van der Waals surface area (Å²) < 4.78 is 5.96. The predicted octanol–water partition coefficient (Wildman–Crippen LogP) is 1.45. The molecule has 1 aromatic carbocycles. The fourth-order valence-electron chi connectivity index (χ4n) is 1.41. The van der Waals surface area contributed by atoms with Crippen molar-refractivity contribution in [3.8, 4) is 5.75 Å². The van der Waals surface area contributed by atoms with E-state index in [2.05, 4.69) is 21.2 Å². The van der Waals surface area contributed by atoms with Gasteiger partial charge >= 0.3 is 0 Å². The lowest BCUT2D eigenvalue weighted by atomic mass is 10.2. The van der Waals surface area contributed by atoms with Crippen molar-refractivity contribution in [1.29, 1.82) is 0 Å². The minimum absolute atomic E-state index is 0.233. The Hall–Kier alpha value is -1.56. The molecule has 0 bridgehead atoms. The Bertz CT molecular complexity index is 449. The van der Waals surface area contributed by atoms with E-state index >= 15 is 0 Å². The van der Waals surface area contributed by atoms with Crippen molar-refractivity contribution in [1.82, 2.24) is 5.32 Å². The fraction of sp³-hybridized carbons (Fsp3) is 0.333. The number of methoxy groups -OCH3 is 1. The van der Waals surface area contributed by atoms with Crippen LogP contribution < -0.4 is 15.8 Å². The van der Waals surface area contributed by atoms with Crippen LogP contribution in [0.4, 0.5) is 0 Å². The topological polar surface area (TPSA) is 81.4 Å². The van der Waals surface area contributed by atoms with Crippen LogP contribution in [0, 0.1) is 0 Å². The molecule has 98 valence electrons. The molecule has 18 heavy (non-hydrogen) atoms. The van der Waals surface area contributed by atoms with E-state index in [0.717, 1.165) is 4.47 Å². The first-order valence-electron chi connectivity index (χ1n) is 5.44. The second-order valence-electron chi connectivity index (χ2n) is 3.67. The molecule has 0 unspecified atom stereocenters. The number of primary amides is 1. The van der Waals surface area contributed by atoms with Gasteiger partial charge in [0.05, 0.1) is 12.7 Å². The van der Waals surface area contributed by atoms with E-state index in [-0.39, 0.29) is 18.2 Å². The third kappa shape index (κ3) is 4.37. The van der Waals surface area contributed by atoms with Crippen LogP contribution in [0.5, 0.6) is 5.75 Å².